The van der Waals surface area contributed by atoms with Gasteiger partial charge in [-0.2, -0.15) is 0 Å². The van der Waals surface area contributed by atoms with E-state index in [-0.39, 0.29) is 0 Å². The van der Waals surface area contributed by atoms with Crippen molar-refractivity contribution < 1.29 is 9.84 Å². The van der Waals surface area contributed by atoms with E-state index in [2.05, 4.69) is 39.9 Å². The molecule has 0 unspecified atom stereocenters. The Morgan fingerprint density at radius 1 is 1.25 bits per heavy atom. The van der Waals surface area contributed by atoms with Crippen molar-refractivity contribution in [2.24, 2.45) is 5.92 Å². The van der Waals surface area contributed by atoms with E-state index in [1.54, 1.807) is 5.56 Å². The van der Waals surface area contributed by atoms with Crippen LogP contribution in [0.5, 0.6) is 0 Å². The molecule has 1 aromatic carbocycles. The molecule has 5 heteroatoms. The lowest BCUT2D eigenvalue weighted by Gasteiger charge is -2.47. The van der Waals surface area contributed by atoms with Crippen LogP contribution in [0.15, 0.2) is 18.2 Å². The number of fused-ring (bicyclic) bond motifs is 2. The molecule has 0 bridgehead atoms. The first-order valence-corrected chi connectivity index (χ1v) is 11.1. The van der Waals surface area contributed by atoms with E-state index >= 15 is 0 Å². The number of benzene rings is 1. The van der Waals surface area contributed by atoms with Crippen molar-refractivity contribution in [3.8, 4) is 0 Å². The molecule has 1 aromatic heterocycles. The van der Waals surface area contributed by atoms with Crippen molar-refractivity contribution in [1.29, 1.82) is 0 Å². The zero-order valence-corrected chi connectivity index (χ0v) is 17.0. The number of nitrogens with one attached hydrogen (secondary N) is 1. The van der Waals surface area contributed by atoms with Gasteiger partial charge in [0.25, 0.3) is 0 Å². The van der Waals surface area contributed by atoms with Crippen LogP contribution >= 0.6 is 0 Å². The van der Waals surface area contributed by atoms with Crippen molar-refractivity contribution in [3.63, 3.8) is 0 Å². The number of aliphatic hydroxyl groups excluding tert-OH is 1. The fourth-order valence-electron chi connectivity index (χ4n) is 5.86. The molecule has 2 aliphatic heterocycles. The summed E-state index contributed by atoms with van der Waals surface area (Å²) in [6.45, 7) is 9.48. The predicted octanol–water partition coefficient (Wildman–Crippen LogP) is 2.73. The maximum Gasteiger partial charge on any atom is 0.0594 e. The van der Waals surface area contributed by atoms with Crippen LogP contribution in [0, 0.1) is 5.92 Å². The van der Waals surface area contributed by atoms with Gasteiger partial charge in [0.05, 0.1) is 13.2 Å². The number of aromatic nitrogens is 1. The minimum atomic E-state index is 0.307. The number of piperidine rings is 1. The molecule has 0 amide bonds. The molecule has 3 heterocycles. The predicted molar refractivity (Wildman–Crippen MR) is 112 cm³/mol. The van der Waals surface area contributed by atoms with Crippen molar-refractivity contribution in [3.05, 3.63) is 35.0 Å². The molecule has 5 rings (SSSR count). The van der Waals surface area contributed by atoms with Gasteiger partial charge in [0.2, 0.25) is 0 Å². The highest BCUT2D eigenvalue weighted by Gasteiger charge is 2.41. The van der Waals surface area contributed by atoms with Gasteiger partial charge in [0.1, 0.15) is 0 Å². The number of aromatic amines is 1. The van der Waals surface area contributed by atoms with E-state index in [0.717, 1.165) is 58.8 Å². The molecule has 0 spiro atoms. The lowest BCUT2D eigenvalue weighted by atomic mass is 9.72. The number of rotatable bonds is 5. The summed E-state index contributed by atoms with van der Waals surface area (Å²) in [6.07, 6.45) is 3.43. The Morgan fingerprint density at radius 2 is 2.11 bits per heavy atom. The van der Waals surface area contributed by atoms with Crippen LogP contribution in [0.25, 0.3) is 10.9 Å². The van der Waals surface area contributed by atoms with Crippen LogP contribution in [-0.2, 0) is 17.7 Å². The number of hydrogen-bond acceptors (Lipinski definition) is 4. The van der Waals surface area contributed by atoms with Crippen LogP contribution in [0.1, 0.15) is 42.5 Å². The number of hydrogen-bond donors (Lipinski definition) is 2. The van der Waals surface area contributed by atoms with Crippen molar-refractivity contribution in [1.82, 2.24) is 14.8 Å². The molecule has 28 heavy (non-hydrogen) atoms. The highest BCUT2D eigenvalue weighted by atomic mass is 16.5. The van der Waals surface area contributed by atoms with Gasteiger partial charge < -0.3 is 14.8 Å². The van der Waals surface area contributed by atoms with E-state index in [4.69, 9.17) is 4.74 Å². The number of aliphatic hydroxyl groups is 1. The van der Waals surface area contributed by atoms with E-state index in [9.17, 15) is 5.11 Å². The first-order chi connectivity index (χ1) is 13.8. The molecular formula is C23H33N3O2. The molecule has 1 aliphatic carbocycles. The Labute approximate surface area is 167 Å². The monoisotopic (exact) mass is 383 g/mol. The van der Waals surface area contributed by atoms with Gasteiger partial charge in [-0.3, -0.25) is 9.80 Å². The SMILES string of the molecule is CCCN1C[C@H](CO)C[C@@H]2c3cccc4[nH]c(CN5CCOCC5)c(c34)C[C@H]21. The summed E-state index contributed by atoms with van der Waals surface area (Å²) >= 11 is 0. The van der Waals surface area contributed by atoms with Crippen molar-refractivity contribution >= 4 is 10.9 Å². The summed E-state index contributed by atoms with van der Waals surface area (Å²) in [5.41, 5.74) is 5.75. The van der Waals surface area contributed by atoms with E-state index in [1.807, 2.05) is 0 Å². The highest BCUT2D eigenvalue weighted by molar-refractivity contribution is 5.89. The number of morpholine rings is 1. The highest BCUT2D eigenvalue weighted by Crippen LogP contribution is 2.45. The Morgan fingerprint density at radius 3 is 2.89 bits per heavy atom. The van der Waals surface area contributed by atoms with Gasteiger partial charge in [-0.25, -0.2) is 0 Å². The topological polar surface area (TPSA) is 51.7 Å². The first kappa shape index (κ1) is 18.6. The third kappa shape index (κ3) is 3.18. The second kappa shape index (κ2) is 7.79. The lowest BCUT2D eigenvalue weighted by molar-refractivity contribution is 0.0333. The number of nitrogens with zero attached hydrogens (tertiary/aromatic N) is 2. The van der Waals surface area contributed by atoms with Crippen LogP contribution in [-0.4, -0.2) is 71.9 Å². The van der Waals surface area contributed by atoms with E-state index < -0.39 is 0 Å². The van der Waals surface area contributed by atoms with Gasteiger partial charge in [-0.15, -0.1) is 0 Å². The normalized spacial score (nSPS) is 28.6. The zero-order valence-electron chi connectivity index (χ0n) is 17.0. The molecular weight excluding hydrogens is 350 g/mol. The largest absolute Gasteiger partial charge is 0.396 e. The van der Waals surface area contributed by atoms with Crippen molar-refractivity contribution in [2.45, 2.75) is 44.7 Å². The standard InChI is InChI=1S/C23H33N3O2/c1-2-6-26-13-16(15-27)11-18-17-4-3-5-20-23(17)19(12-22(18)26)21(24-20)14-25-7-9-28-10-8-25/h3-5,16,18,22,24,27H,2,6-15H2,1H3/t16-,18-,22-/m1/s1. The quantitative estimate of drug-likeness (QED) is 0.834. The van der Waals surface area contributed by atoms with Crippen LogP contribution in [0.3, 0.4) is 0 Å². The average Bonchev–Trinajstić information content (AvgIpc) is 3.08. The molecule has 2 saturated heterocycles. The summed E-state index contributed by atoms with van der Waals surface area (Å²) in [6, 6.07) is 7.37. The van der Waals surface area contributed by atoms with Crippen LogP contribution in [0.4, 0.5) is 0 Å². The van der Waals surface area contributed by atoms with Gasteiger partial charge in [-0.05, 0) is 48.9 Å². The van der Waals surface area contributed by atoms with Crippen LogP contribution in [0.2, 0.25) is 0 Å². The molecule has 152 valence electrons. The molecule has 2 N–H and O–H groups in total. The van der Waals surface area contributed by atoms with E-state index in [0.29, 0.717) is 24.5 Å². The fraction of sp³-hybridized carbons (Fsp3) is 0.652. The average molecular weight is 384 g/mol. The molecule has 0 saturated carbocycles. The van der Waals surface area contributed by atoms with Crippen molar-refractivity contribution in [2.75, 3.05) is 46.0 Å². The summed E-state index contributed by atoms with van der Waals surface area (Å²) < 4.78 is 5.54. The zero-order chi connectivity index (χ0) is 19.1. The second-order valence-corrected chi connectivity index (χ2v) is 8.90. The first-order valence-electron chi connectivity index (χ1n) is 11.1. The summed E-state index contributed by atoms with van der Waals surface area (Å²) in [7, 11) is 0. The van der Waals surface area contributed by atoms with Gasteiger partial charge in [0.15, 0.2) is 0 Å². The number of H-pyrrole nitrogens is 1. The smallest absolute Gasteiger partial charge is 0.0594 e. The molecule has 5 nitrogen and oxygen atoms in total. The molecule has 2 aromatic rings. The third-order valence-corrected chi connectivity index (χ3v) is 7.13. The Kier molecular flexibility index (Phi) is 5.18. The molecule has 0 radical (unpaired) electrons. The van der Waals surface area contributed by atoms with E-state index in [1.165, 1.54) is 28.6 Å². The Bertz CT molecular complexity index is 827. The van der Waals surface area contributed by atoms with Crippen LogP contribution < -0.4 is 0 Å². The molecule has 2 fully saturated rings. The van der Waals surface area contributed by atoms with Gasteiger partial charge >= 0.3 is 0 Å². The lowest BCUT2D eigenvalue weighted by Crippen LogP contribution is -2.51. The maximum atomic E-state index is 9.89. The van der Waals surface area contributed by atoms with Gasteiger partial charge in [0, 0.05) is 61.3 Å². The number of likely N-dealkylation sites (tertiary alicyclic amines) is 1. The third-order valence-electron chi connectivity index (χ3n) is 7.13. The minimum absolute atomic E-state index is 0.307. The molecule has 3 atom stereocenters. The Hall–Kier alpha value is -1.40. The summed E-state index contributed by atoms with van der Waals surface area (Å²) in [5.74, 6) is 0.942. The Balaban J connectivity index is 1.53. The maximum absolute atomic E-state index is 9.89. The number of ether oxygens (including phenoxy) is 1. The minimum Gasteiger partial charge on any atom is -0.396 e. The van der Waals surface area contributed by atoms with Gasteiger partial charge in [-0.1, -0.05) is 19.1 Å². The fourth-order valence-corrected chi connectivity index (χ4v) is 5.86. The summed E-state index contributed by atoms with van der Waals surface area (Å²) in [5, 5.41) is 11.4. The summed E-state index contributed by atoms with van der Waals surface area (Å²) in [4.78, 5) is 8.96. The second-order valence-electron chi connectivity index (χ2n) is 8.90. The molecule has 3 aliphatic rings.